The maximum Gasteiger partial charge on any atom is 0.472 e. The molecule has 0 saturated heterocycles. The Morgan fingerprint density at radius 2 is 0.469 bits per heavy atom. The molecule has 0 bridgehead atoms. The zero-order valence-corrected chi connectivity index (χ0v) is 65.0. The van der Waals surface area contributed by atoms with E-state index in [9.17, 15) is 43.2 Å². The summed E-state index contributed by atoms with van der Waals surface area (Å²) in [7, 11) is -9.93. The molecular formula is C79H150O17P2. The average Bonchev–Trinajstić information content (AvgIpc) is 0.984. The molecule has 0 spiro atoms. The van der Waals surface area contributed by atoms with Crippen LogP contribution in [0.15, 0.2) is 24.3 Å². The standard InChI is InChI=1S/C79H150O17P2/c1-5-9-13-17-21-25-29-33-36-40-43-47-51-55-59-63-76(81)89-69-74(95-78(83)65-61-57-53-49-45-39-32-28-24-20-16-12-8-4)71-93-97(85,86)91-67-73(80)68-92-98(87,88)94-72-75(96-79(84)66-62-58-54-50-46-42-38-35-31-27-23-19-15-11-7-3)70-90-77(82)64-60-56-52-48-44-41-37-34-30-26-22-18-14-10-6-2/h27-28,31-32,73-75,80H,5-26,29-30,33-72H2,1-4H3,(H,85,86)(H,87,88)/b31-27-,32-28-/t73-,74+,75+/m0/s1. The lowest BCUT2D eigenvalue weighted by molar-refractivity contribution is -0.161. The molecule has 98 heavy (non-hydrogen) atoms. The molecule has 19 heteroatoms. The summed E-state index contributed by atoms with van der Waals surface area (Å²) < 4.78 is 68.6. The van der Waals surface area contributed by atoms with Gasteiger partial charge in [-0.25, -0.2) is 9.13 Å². The van der Waals surface area contributed by atoms with Crippen molar-refractivity contribution in [3.8, 4) is 0 Å². The number of hydrogen-bond donors (Lipinski definition) is 3. The van der Waals surface area contributed by atoms with Gasteiger partial charge in [0, 0.05) is 25.7 Å². The first kappa shape index (κ1) is 95.5. The van der Waals surface area contributed by atoms with Crippen molar-refractivity contribution >= 4 is 39.5 Å². The van der Waals surface area contributed by atoms with Crippen LogP contribution in [0.4, 0.5) is 0 Å². The monoisotopic (exact) mass is 1430 g/mol. The van der Waals surface area contributed by atoms with Crippen LogP contribution >= 0.6 is 15.6 Å². The number of unbranched alkanes of at least 4 members (excludes halogenated alkanes) is 48. The Kier molecular flexibility index (Phi) is 71.0. The number of esters is 4. The molecule has 0 aromatic rings. The highest BCUT2D eigenvalue weighted by atomic mass is 31.2. The van der Waals surface area contributed by atoms with Crippen molar-refractivity contribution in [2.75, 3.05) is 39.6 Å². The fraction of sp³-hybridized carbons (Fsp3) is 0.899. The van der Waals surface area contributed by atoms with Gasteiger partial charge in [-0.2, -0.15) is 0 Å². The van der Waals surface area contributed by atoms with Crippen molar-refractivity contribution in [1.82, 2.24) is 0 Å². The van der Waals surface area contributed by atoms with Gasteiger partial charge in [-0.3, -0.25) is 37.3 Å². The van der Waals surface area contributed by atoms with E-state index in [4.69, 9.17) is 37.0 Å². The van der Waals surface area contributed by atoms with Crippen LogP contribution in [0.1, 0.15) is 400 Å². The minimum Gasteiger partial charge on any atom is -0.462 e. The molecule has 0 aliphatic heterocycles. The number of carbonyl (C=O) groups is 4. The molecule has 0 aromatic carbocycles. The maximum atomic E-state index is 13.1. The van der Waals surface area contributed by atoms with Crippen LogP contribution in [0.3, 0.4) is 0 Å². The van der Waals surface area contributed by atoms with Crippen LogP contribution in [0.25, 0.3) is 0 Å². The summed E-state index contributed by atoms with van der Waals surface area (Å²) >= 11 is 0. The highest BCUT2D eigenvalue weighted by Gasteiger charge is 2.30. The predicted molar refractivity (Wildman–Crippen MR) is 400 cm³/mol. The molecule has 5 atom stereocenters. The van der Waals surface area contributed by atoms with Crippen LogP contribution in [0, 0.1) is 0 Å². The fourth-order valence-electron chi connectivity index (χ4n) is 11.7. The SMILES string of the molecule is CCCCCC/C=C\CCCCCCCCCC(=O)O[C@H](COC(=O)CCCCCCCCCCCCCCCCC)COP(=O)(O)OC[C@@H](O)COP(=O)(O)OC[C@@H](COC(=O)CCCCCCCCCCCCCCCCC)OC(=O)CCCCCCC/C=C\CCCCCC. The molecule has 0 fully saturated rings. The minimum absolute atomic E-state index is 0.0936. The van der Waals surface area contributed by atoms with Gasteiger partial charge in [-0.1, -0.05) is 322 Å². The lowest BCUT2D eigenvalue weighted by Gasteiger charge is -2.21. The Balaban J connectivity index is 5.29. The second kappa shape index (κ2) is 72.9. The van der Waals surface area contributed by atoms with Crippen LogP contribution < -0.4 is 0 Å². The number of allylic oxidation sites excluding steroid dienone is 4. The summed E-state index contributed by atoms with van der Waals surface area (Å²) in [5.41, 5.74) is 0. The van der Waals surface area contributed by atoms with Crippen molar-refractivity contribution < 1.29 is 80.2 Å². The zero-order chi connectivity index (χ0) is 71.8. The van der Waals surface area contributed by atoms with Gasteiger partial charge in [0.1, 0.15) is 19.3 Å². The Hall–Kier alpha value is -2.46. The molecule has 0 saturated carbocycles. The van der Waals surface area contributed by atoms with Crippen LogP contribution in [-0.2, 0) is 65.4 Å². The number of hydrogen-bond acceptors (Lipinski definition) is 15. The molecule has 0 amide bonds. The third-order valence-electron chi connectivity index (χ3n) is 17.9. The zero-order valence-electron chi connectivity index (χ0n) is 63.2. The third kappa shape index (κ3) is 71.9. The summed E-state index contributed by atoms with van der Waals surface area (Å²) in [6, 6.07) is 0. The highest BCUT2D eigenvalue weighted by Crippen LogP contribution is 2.45. The van der Waals surface area contributed by atoms with Crippen LogP contribution in [0.2, 0.25) is 0 Å². The molecule has 0 heterocycles. The molecule has 3 N–H and O–H groups in total. The van der Waals surface area contributed by atoms with Crippen LogP contribution in [-0.4, -0.2) is 96.7 Å². The second-order valence-electron chi connectivity index (χ2n) is 27.7. The first-order valence-corrected chi connectivity index (χ1v) is 43.6. The second-order valence-corrected chi connectivity index (χ2v) is 30.6. The molecule has 0 aromatic heterocycles. The van der Waals surface area contributed by atoms with E-state index in [1.807, 2.05) is 0 Å². The highest BCUT2D eigenvalue weighted by molar-refractivity contribution is 7.47. The number of aliphatic hydroxyl groups excluding tert-OH is 1. The molecule has 0 aliphatic rings. The van der Waals surface area contributed by atoms with E-state index < -0.39 is 97.5 Å². The van der Waals surface area contributed by atoms with Gasteiger partial charge >= 0.3 is 39.5 Å². The van der Waals surface area contributed by atoms with E-state index in [1.54, 1.807) is 0 Å². The average molecular weight is 1430 g/mol. The molecular weight excluding hydrogens is 1280 g/mol. The van der Waals surface area contributed by atoms with Crippen molar-refractivity contribution in [1.29, 1.82) is 0 Å². The van der Waals surface area contributed by atoms with E-state index in [2.05, 4.69) is 52.0 Å². The number of ether oxygens (including phenoxy) is 4. The Morgan fingerprint density at radius 1 is 0.276 bits per heavy atom. The summed E-state index contributed by atoms with van der Waals surface area (Å²) in [5, 5.41) is 10.6. The third-order valence-corrected chi connectivity index (χ3v) is 19.8. The Bertz CT molecular complexity index is 1950. The molecule has 17 nitrogen and oxygen atoms in total. The number of aliphatic hydroxyl groups is 1. The van der Waals surface area contributed by atoms with Gasteiger partial charge in [0.25, 0.3) is 0 Å². The van der Waals surface area contributed by atoms with Gasteiger partial charge in [0.15, 0.2) is 12.2 Å². The summed E-state index contributed by atoms with van der Waals surface area (Å²) in [5.74, 6) is -2.14. The lowest BCUT2D eigenvalue weighted by Crippen LogP contribution is -2.30. The first-order chi connectivity index (χ1) is 47.7. The molecule has 578 valence electrons. The normalized spacial score (nSPS) is 14.0. The number of carbonyl (C=O) groups excluding carboxylic acids is 4. The van der Waals surface area contributed by atoms with Crippen molar-refractivity contribution in [2.45, 2.75) is 418 Å². The predicted octanol–water partition coefficient (Wildman–Crippen LogP) is 23.3. The molecule has 0 radical (unpaired) electrons. The molecule has 0 rings (SSSR count). The van der Waals surface area contributed by atoms with Gasteiger partial charge < -0.3 is 33.8 Å². The van der Waals surface area contributed by atoms with Gasteiger partial charge in [0.05, 0.1) is 26.4 Å². The number of phosphoric ester groups is 2. The smallest absolute Gasteiger partial charge is 0.462 e. The van der Waals surface area contributed by atoms with Crippen molar-refractivity contribution in [3.05, 3.63) is 24.3 Å². The van der Waals surface area contributed by atoms with Gasteiger partial charge in [-0.05, 0) is 77.0 Å². The topological polar surface area (TPSA) is 237 Å². The van der Waals surface area contributed by atoms with Crippen molar-refractivity contribution in [2.24, 2.45) is 0 Å². The van der Waals surface area contributed by atoms with E-state index >= 15 is 0 Å². The Morgan fingerprint density at radius 3 is 0.714 bits per heavy atom. The largest absolute Gasteiger partial charge is 0.472 e. The maximum absolute atomic E-state index is 13.1. The van der Waals surface area contributed by atoms with E-state index in [-0.39, 0.29) is 25.7 Å². The number of rotatable bonds is 78. The van der Waals surface area contributed by atoms with E-state index in [0.29, 0.717) is 25.7 Å². The fourth-order valence-corrected chi connectivity index (χ4v) is 13.3. The number of phosphoric acid groups is 2. The minimum atomic E-state index is -4.96. The van der Waals surface area contributed by atoms with E-state index in [1.165, 1.54) is 193 Å². The van der Waals surface area contributed by atoms with Gasteiger partial charge in [-0.15, -0.1) is 0 Å². The molecule has 2 unspecified atom stereocenters. The summed E-state index contributed by atoms with van der Waals surface area (Å²) in [6.07, 6.45) is 67.2. The summed E-state index contributed by atoms with van der Waals surface area (Å²) in [6.45, 7) is 4.95. The van der Waals surface area contributed by atoms with E-state index in [0.717, 1.165) is 128 Å². The summed E-state index contributed by atoms with van der Waals surface area (Å²) in [4.78, 5) is 73.0. The van der Waals surface area contributed by atoms with Gasteiger partial charge in [0.2, 0.25) is 0 Å². The Labute approximate surface area is 599 Å². The quantitative estimate of drug-likeness (QED) is 0.0169. The van der Waals surface area contributed by atoms with Crippen LogP contribution in [0.5, 0.6) is 0 Å². The van der Waals surface area contributed by atoms with Crippen molar-refractivity contribution in [3.63, 3.8) is 0 Å². The first-order valence-electron chi connectivity index (χ1n) is 40.6. The molecule has 0 aliphatic carbocycles. The lowest BCUT2D eigenvalue weighted by atomic mass is 10.0.